The van der Waals surface area contributed by atoms with E-state index < -0.39 is 18.8 Å². The van der Waals surface area contributed by atoms with E-state index in [-0.39, 0.29) is 0 Å². The fourth-order valence-corrected chi connectivity index (χ4v) is 10.3. The van der Waals surface area contributed by atoms with Crippen molar-refractivity contribution in [2.45, 2.75) is 26.7 Å². The van der Waals surface area contributed by atoms with Gasteiger partial charge in [0.15, 0.2) is 0 Å². The third kappa shape index (κ3) is 5.01. The molecule has 0 fully saturated rings. The van der Waals surface area contributed by atoms with Gasteiger partial charge >= 0.3 is 93.1 Å². The van der Waals surface area contributed by atoms with Gasteiger partial charge in [0.1, 0.15) is 0 Å². The molecule has 0 aromatic heterocycles. The number of hydrogen-bond acceptors (Lipinski definition) is 1. The van der Waals surface area contributed by atoms with E-state index in [1.807, 2.05) is 18.2 Å². The molecule has 0 saturated heterocycles. The van der Waals surface area contributed by atoms with Crippen molar-refractivity contribution in [2.75, 3.05) is 6.61 Å². The molecule has 2 heteroatoms. The average molecular weight is 301 g/mol. The summed E-state index contributed by atoms with van der Waals surface area (Å²) >= 11 is -2.45. The molecule has 0 spiro atoms. The molecule has 0 atom stereocenters. The van der Waals surface area contributed by atoms with E-state index in [2.05, 4.69) is 26.7 Å². The Hall–Kier alpha value is -0.0213. The van der Waals surface area contributed by atoms with E-state index in [1.165, 1.54) is 0 Å². The van der Waals surface area contributed by atoms with Crippen molar-refractivity contribution in [1.82, 2.24) is 0 Å². The van der Waals surface area contributed by atoms with Gasteiger partial charge in [0.2, 0.25) is 0 Å². The van der Waals surface area contributed by atoms with E-state index in [9.17, 15) is 0 Å². The minimum atomic E-state index is -2.45. The third-order valence-electron chi connectivity index (χ3n) is 2.16. The Morgan fingerprint density at radius 3 is 1.71 bits per heavy atom. The van der Waals surface area contributed by atoms with Gasteiger partial charge in [0, 0.05) is 0 Å². The molecule has 0 radical (unpaired) electrons. The van der Waals surface area contributed by atoms with Crippen molar-refractivity contribution in [1.29, 1.82) is 0 Å². The summed E-state index contributed by atoms with van der Waals surface area (Å²) in [4.78, 5) is 0. The van der Waals surface area contributed by atoms with Crippen LogP contribution in [0.1, 0.15) is 13.3 Å². The molecule has 1 nitrogen and oxygen atoms in total. The quantitative estimate of drug-likeness (QED) is 0.463. The first-order valence-corrected chi connectivity index (χ1v) is 12.4. The summed E-state index contributed by atoms with van der Waals surface area (Å²) in [7, 11) is 0. The number of allylic oxidation sites excluding steroid dienone is 3. The molecule has 80 valence electrons. The van der Waals surface area contributed by atoms with Crippen molar-refractivity contribution >= 4 is 18.8 Å². The first-order chi connectivity index (χ1) is 6.74. The second-order valence-corrected chi connectivity index (χ2v) is 14.6. The van der Waals surface area contributed by atoms with Crippen LogP contribution in [0.5, 0.6) is 0 Å². The van der Waals surface area contributed by atoms with Gasteiger partial charge in [-0.15, -0.1) is 0 Å². The van der Waals surface area contributed by atoms with Crippen molar-refractivity contribution in [3.05, 3.63) is 38.0 Å². The van der Waals surface area contributed by atoms with Crippen LogP contribution in [0.25, 0.3) is 0 Å². The van der Waals surface area contributed by atoms with Gasteiger partial charge in [-0.1, -0.05) is 0 Å². The Balaban J connectivity index is 4.43. The SMILES string of the molecule is C=C[CH2][Sn]([CH2]C=C)([CH2]C=C)[O]CCC. The normalized spacial score (nSPS) is 10.9. The molecule has 0 unspecified atom stereocenters. The van der Waals surface area contributed by atoms with Gasteiger partial charge in [-0.05, 0) is 0 Å². The van der Waals surface area contributed by atoms with Gasteiger partial charge < -0.3 is 0 Å². The monoisotopic (exact) mass is 302 g/mol. The van der Waals surface area contributed by atoms with E-state index in [4.69, 9.17) is 3.07 Å². The predicted molar refractivity (Wildman–Crippen MR) is 67.0 cm³/mol. The molecule has 0 N–H and O–H groups in total. The molecule has 0 aliphatic rings. The average Bonchev–Trinajstić information content (AvgIpc) is 2.16. The van der Waals surface area contributed by atoms with Crippen LogP contribution >= 0.6 is 0 Å². The predicted octanol–water partition coefficient (Wildman–Crippen LogP) is 3.92. The summed E-state index contributed by atoms with van der Waals surface area (Å²) in [6, 6.07) is 0. The van der Waals surface area contributed by atoms with Crippen LogP contribution in [0.15, 0.2) is 38.0 Å². The second-order valence-electron chi connectivity index (χ2n) is 3.51. The summed E-state index contributed by atoms with van der Waals surface area (Å²) in [5, 5.41) is 0. The Kier molecular flexibility index (Phi) is 8.29. The fourth-order valence-electron chi connectivity index (χ4n) is 1.53. The van der Waals surface area contributed by atoms with Crippen molar-refractivity contribution in [3.8, 4) is 0 Å². The molecule has 0 aliphatic carbocycles. The van der Waals surface area contributed by atoms with Crippen LogP contribution < -0.4 is 0 Å². The molecule has 0 rings (SSSR count). The maximum atomic E-state index is 6.10. The number of rotatable bonds is 9. The standard InChI is InChI=1S/C3H7O.3C3H5.Sn/c1-2-3-4;3*1-3-2;/h2-3H2,1H3;3*3H,1-2H2;/q-1;;;;+1. The zero-order valence-electron chi connectivity index (χ0n) is 9.30. The molecule has 0 aromatic rings. The molecule has 0 amide bonds. The first-order valence-electron chi connectivity index (χ1n) is 5.21. The number of hydrogen-bond donors (Lipinski definition) is 0. The van der Waals surface area contributed by atoms with Gasteiger partial charge in [0.05, 0.1) is 0 Å². The molecule has 0 bridgehead atoms. The maximum absolute atomic E-state index is 6.10. The Morgan fingerprint density at radius 2 is 1.43 bits per heavy atom. The topological polar surface area (TPSA) is 9.23 Å². The summed E-state index contributed by atoms with van der Waals surface area (Å²) in [6.07, 6.45) is 7.08. The molecule has 0 aromatic carbocycles. The van der Waals surface area contributed by atoms with Crippen LogP contribution in [0.3, 0.4) is 0 Å². The van der Waals surface area contributed by atoms with Crippen molar-refractivity contribution < 1.29 is 3.07 Å². The molecule has 14 heavy (non-hydrogen) atoms. The van der Waals surface area contributed by atoms with E-state index in [0.717, 1.165) is 26.3 Å². The minimum absolute atomic E-state index is 0.881. The van der Waals surface area contributed by atoms with E-state index >= 15 is 0 Å². The Morgan fingerprint density at radius 1 is 1.00 bits per heavy atom. The van der Waals surface area contributed by atoms with Crippen molar-refractivity contribution in [2.24, 2.45) is 0 Å². The Labute approximate surface area is 93.0 Å². The zero-order valence-corrected chi connectivity index (χ0v) is 12.2. The third-order valence-corrected chi connectivity index (χ3v) is 13.3. The summed E-state index contributed by atoms with van der Waals surface area (Å²) in [5.74, 6) is 0. The van der Waals surface area contributed by atoms with Gasteiger partial charge in [0.25, 0.3) is 0 Å². The van der Waals surface area contributed by atoms with Crippen LogP contribution in [-0.2, 0) is 3.07 Å². The molecular weight excluding hydrogens is 279 g/mol. The van der Waals surface area contributed by atoms with Crippen molar-refractivity contribution in [3.63, 3.8) is 0 Å². The Bertz CT molecular complexity index is 160. The van der Waals surface area contributed by atoms with Crippen LogP contribution in [0.2, 0.25) is 13.3 Å². The molecular formula is C12H22OSn. The van der Waals surface area contributed by atoms with Gasteiger partial charge in [-0.2, -0.15) is 0 Å². The fraction of sp³-hybridized carbons (Fsp3) is 0.500. The summed E-state index contributed by atoms with van der Waals surface area (Å²) < 4.78 is 9.28. The van der Waals surface area contributed by atoms with Gasteiger partial charge in [-0.3, -0.25) is 0 Å². The molecule has 0 aliphatic heterocycles. The second kappa shape index (κ2) is 8.30. The molecule has 0 heterocycles. The molecule has 0 saturated carbocycles. The van der Waals surface area contributed by atoms with Crippen LogP contribution in [0, 0.1) is 0 Å². The first kappa shape index (κ1) is 14.0. The van der Waals surface area contributed by atoms with Crippen LogP contribution in [0.4, 0.5) is 0 Å². The van der Waals surface area contributed by atoms with Crippen LogP contribution in [-0.4, -0.2) is 25.4 Å². The van der Waals surface area contributed by atoms with E-state index in [1.54, 1.807) is 0 Å². The van der Waals surface area contributed by atoms with Gasteiger partial charge in [-0.25, -0.2) is 0 Å². The summed E-state index contributed by atoms with van der Waals surface area (Å²) in [5.41, 5.74) is 0. The summed E-state index contributed by atoms with van der Waals surface area (Å²) in [6.45, 7) is 14.5. The zero-order chi connectivity index (χ0) is 10.9. The van der Waals surface area contributed by atoms with E-state index in [0.29, 0.717) is 0 Å².